The largest absolute Gasteiger partial charge is 0.787 e. The second-order valence-corrected chi connectivity index (χ2v) is 3.78. The third-order valence-electron chi connectivity index (χ3n) is 2.26. The Morgan fingerprint density at radius 2 is 2.38 bits per heavy atom. The molecule has 0 fully saturated rings. The number of hydrogen-bond donors (Lipinski definition) is 1. The molecule has 4 nitrogen and oxygen atoms in total. The normalized spacial score (nSPS) is 12.2. The second kappa shape index (κ2) is 6.48. The first-order chi connectivity index (χ1) is 7.67. The molecule has 1 aromatic carbocycles. The van der Waals surface area contributed by atoms with Crippen LogP contribution in [0.25, 0.3) is 0 Å². The summed E-state index contributed by atoms with van der Waals surface area (Å²) in [7, 11) is 1.32. The Bertz CT molecular complexity index is 357. The number of rotatable bonds is 5. The van der Waals surface area contributed by atoms with Crippen LogP contribution in [0.5, 0.6) is 0 Å². The minimum absolute atomic E-state index is 0.197. The number of hydrogen-bond acceptors (Lipinski definition) is 4. The lowest BCUT2D eigenvalue weighted by atomic mass is 10.0. The van der Waals surface area contributed by atoms with Gasteiger partial charge >= 0.3 is 5.97 Å². The van der Waals surface area contributed by atoms with Gasteiger partial charge in [0.15, 0.2) is 0 Å². The number of benzene rings is 1. The fraction of sp³-hybridized carbons (Fsp3) is 0.364. The Hall–Kier alpha value is -1.10. The van der Waals surface area contributed by atoms with Gasteiger partial charge in [0.05, 0.1) is 7.11 Å². The Kier molecular flexibility index (Phi) is 5.25. The van der Waals surface area contributed by atoms with Gasteiger partial charge in [-0.3, -0.25) is 4.79 Å². The zero-order valence-corrected chi connectivity index (χ0v) is 9.66. The molecule has 88 valence electrons. The predicted octanol–water partition coefficient (Wildman–Crippen LogP) is 2.42. The van der Waals surface area contributed by atoms with Crippen molar-refractivity contribution in [3.05, 3.63) is 40.1 Å². The lowest BCUT2D eigenvalue weighted by Crippen LogP contribution is -2.16. The van der Waals surface area contributed by atoms with Crippen molar-refractivity contribution in [2.75, 3.05) is 7.11 Å². The molecule has 0 aromatic heterocycles. The van der Waals surface area contributed by atoms with Crippen LogP contribution in [0.2, 0.25) is 5.02 Å². The first-order valence-corrected chi connectivity index (χ1v) is 5.25. The maximum Gasteiger partial charge on any atom is 0.305 e. The highest BCUT2D eigenvalue weighted by atomic mass is 35.5. The van der Waals surface area contributed by atoms with Crippen molar-refractivity contribution < 1.29 is 9.53 Å². The molecule has 0 saturated carbocycles. The molecule has 0 saturated heterocycles. The molecule has 0 spiro atoms. The molecule has 16 heavy (non-hydrogen) atoms. The zero-order valence-electron chi connectivity index (χ0n) is 8.90. The van der Waals surface area contributed by atoms with E-state index >= 15 is 0 Å². The number of carbonyl (C=O) groups is 1. The van der Waals surface area contributed by atoms with E-state index in [0.29, 0.717) is 11.4 Å². The summed E-state index contributed by atoms with van der Waals surface area (Å²) in [5.41, 5.74) is 2.68. The highest BCUT2D eigenvalue weighted by Crippen LogP contribution is 2.21. The summed E-state index contributed by atoms with van der Waals surface area (Å²) >= 11 is 5.81. The molecular formula is C11H13ClNO3-. The highest BCUT2D eigenvalue weighted by molar-refractivity contribution is 6.30. The van der Waals surface area contributed by atoms with Gasteiger partial charge in [-0.05, 0) is 24.1 Å². The number of hydroxylamine groups is 1. The van der Waals surface area contributed by atoms with Gasteiger partial charge in [-0.25, -0.2) is 0 Å². The van der Waals surface area contributed by atoms with E-state index in [4.69, 9.17) is 11.6 Å². The topological polar surface area (TPSA) is 61.4 Å². The highest BCUT2D eigenvalue weighted by Gasteiger charge is 2.10. The summed E-state index contributed by atoms with van der Waals surface area (Å²) in [4.78, 5) is 11.0. The van der Waals surface area contributed by atoms with Crippen molar-refractivity contribution in [2.24, 2.45) is 0 Å². The van der Waals surface area contributed by atoms with E-state index < -0.39 is 6.04 Å². The first-order valence-electron chi connectivity index (χ1n) is 4.87. The molecule has 0 aliphatic heterocycles. The predicted molar refractivity (Wildman–Crippen MR) is 61.9 cm³/mol. The molecule has 1 unspecified atom stereocenters. The van der Waals surface area contributed by atoms with Crippen molar-refractivity contribution >= 4 is 17.6 Å². The fourth-order valence-electron chi connectivity index (χ4n) is 1.38. The number of nitrogens with one attached hydrogen (secondary N) is 1. The number of esters is 1. The van der Waals surface area contributed by atoms with Gasteiger partial charge in [0, 0.05) is 17.5 Å². The summed E-state index contributed by atoms with van der Waals surface area (Å²) in [6.45, 7) is 0. The van der Waals surface area contributed by atoms with Crippen LogP contribution < -0.4 is 5.48 Å². The van der Waals surface area contributed by atoms with Crippen LogP contribution in [0.15, 0.2) is 24.3 Å². The van der Waals surface area contributed by atoms with Crippen molar-refractivity contribution in [2.45, 2.75) is 18.9 Å². The van der Waals surface area contributed by atoms with Crippen LogP contribution in [0.3, 0.4) is 0 Å². The van der Waals surface area contributed by atoms with E-state index in [1.165, 1.54) is 7.11 Å². The molecule has 0 heterocycles. The molecule has 0 radical (unpaired) electrons. The molecule has 0 aliphatic carbocycles. The number of carbonyl (C=O) groups excluding carboxylic acids is 1. The van der Waals surface area contributed by atoms with Crippen LogP contribution in [-0.2, 0) is 9.53 Å². The minimum Gasteiger partial charge on any atom is -0.787 e. The van der Waals surface area contributed by atoms with E-state index in [1.807, 2.05) is 5.48 Å². The number of methoxy groups -OCH3 is 1. The molecule has 0 bridgehead atoms. The van der Waals surface area contributed by atoms with Gasteiger partial charge in [-0.2, -0.15) is 0 Å². The van der Waals surface area contributed by atoms with Gasteiger partial charge < -0.3 is 15.4 Å². The monoisotopic (exact) mass is 242 g/mol. The quantitative estimate of drug-likeness (QED) is 0.636. The molecule has 0 amide bonds. The van der Waals surface area contributed by atoms with E-state index in [9.17, 15) is 10.0 Å². The van der Waals surface area contributed by atoms with Crippen LogP contribution >= 0.6 is 11.6 Å². The average molecular weight is 243 g/mol. The molecule has 5 heteroatoms. The van der Waals surface area contributed by atoms with E-state index in [-0.39, 0.29) is 12.4 Å². The van der Waals surface area contributed by atoms with Crippen molar-refractivity contribution in [3.8, 4) is 0 Å². The molecule has 1 aromatic rings. The Morgan fingerprint density at radius 1 is 1.62 bits per heavy atom. The number of halogens is 1. The van der Waals surface area contributed by atoms with Gasteiger partial charge in [0.1, 0.15) is 0 Å². The molecule has 1 N–H and O–H groups in total. The summed E-state index contributed by atoms with van der Waals surface area (Å²) in [6.07, 6.45) is 0.583. The SMILES string of the molecule is COC(=O)CCC(N[O-])c1cccc(Cl)c1. The van der Waals surface area contributed by atoms with Crippen LogP contribution in [0.1, 0.15) is 24.4 Å². The molecule has 0 aliphatic rings. The average Bonchev–Trinajstić information content (AvgIpc) is 2.29. The van der Waals surface area contributed by atoms with Gasteiger partial charge in [0.2, 0.25) is 0 Å². The van der Waals surface area contributed by atoms with Gasteiger partial charge in [-0.1, -0.05) is 23.7 Å². The summed E-state index contributed by atoms with van der Waals surface area (Å²) in [5, 5.41) is 11.4. The third kappa shape index (κ3) is 3.81. The standard InChI is InChI=1S/C11H13ClNO3/c1-16-11(14)6-5-10(13-15)8-3-2-4-9(12)7-8/h2-4,7,10,13H,5-6H2,1H3/q-1. The van der Waals surface area contributed by atoms with E-state index in [1.54, 1.807) is 24.3 Å². The first kappa shape index (κ1) is 13.0. The lowest BCUT2D eigenvalue weighted by Gasteiger charge is -2.22. The maximum absolute atomic E-state index is 11.0. The lowest BCUT2D eigenvalue weighted by molar-refractivity contribution is -0.140. The fourth-order valence-corrected chi connectivity index (χ4v) is 1.58. The smallest absolute Gasteiger partial charge is 0.305 e. The summed E-state index contributed by atoms with van der Waals surface area (Å²) < 4.78 is 4.51. The van der Waals surface area contributed by atoms with Crippen LogP contribution in [-0.4, -0.2) is 13.1 Å². The Balaban J connectivity index is 2.64. The van der Waals surface area contributed by atoms with Gasteiger partial charge in [0.25, 0.3) is 0 Å². The second-order valence-electron chi connectivity index (χ2n) is 3.34. The van der Waals surface area contributed by atoms with Gasteiger partial charge in [-0.15, -0.1) is 0 Å². The van der Waals surface area contributed by atoms with Crippen molar-refractivity contribution in [1.82, 2.24) is 5.48 Å². The number of ether oxygens (including phenoxy) is 1. The Labute approximate surface area is 99.1 Å². The molecule has 1 rings (SSSR count). The minimum atomic E-state index is -0.433. The zero-order chi connectivity index (χ0) is 12.0. The van der Waals surface area contributed by atoms with Crippen molar-refractivity contribution in [3.63, 3.8) is 0 Å². The summed E-state index contributed by atoms with van der Waals surface area (Å²) in [5.74, 6) is -0.331. The van der Waals surface area contributed by atoms with Crippen LogP contribution in [0, 0.1) is 5.21 Å². The Morgan fingerprint density at radius 3 is 2.94 bits per heavy atom. The third-order valence-corrected chi connectivity index (χ3v) is 2.49. The van der Waals surface area contributed by atoms with E-state index in [0.717, 1.165) is 5.56 Å². The maximum atomic E-state index is 11.0. The summed E-state index contributed by atoms with van der Waals surface area (Å²) in [6, 6.07) is 6.55. The van der Waals surface area contributed by atoms with Crippen LogP contribution in [0.4, 0.5) is 0 Å². The molecule has 1 atom stereocenters. The van der Waals surface area contributed by atoms with Crippen molar-refractivity contribution in [1.29, 1.82) is 0 Å². The van der Waals surface area contributed by atoms with E-state index in [2.05, 4.69) is 4.74 Å². The molecular weight excluding hydrogens is 230 g/mol.